The molecular weight excluding hydrogens is 420 g/mol. The van der Waals surface area contributed by atoms with Crippen LogP contribution in [0.4, 0.5) is 17.6 Å². The third kappa shape index (κ3) is 5.47. The number of aromatic nitrogens is 4. The predicted molar refractivity (Wildman–Crippen MR) is 127 cm³/mol. The van der Waals surface area contributed by atoms with Crippen molar-refractivity contribution in [3.05, 3.63) is 60.2 Å². The minimum atomic E-state index is 0.644. The molecule has 2 aliphatic rings. The van der Waals surface area contributed by atoms with Crippen LogP contribution in [0.15, 0.2) is 53.9 Å². The molecule has 2 fully saturated rings. The summed E-state index contributed by atoms with van der Waals surface area (Å²) in [6, 6.07) is 12.2. The number of nitrogens with zero attached hydrogens (tertiary/aromatic N) is 7. The fourth-order valence-corrected chi connectivity index (χ4v) is 3.86. The number of anilines is 3. The molecule has 0 saturated carbocycles. The first kappa shape index (κ1) is 21.4. The van der Waals surface area contributed by atoms with Crippen molar-refractivity contribution >= 4 is 23.8 Å². The molecule has 0 unspecified atom stereocenters. The quantitative estimate of drug-likeness (QED) is 0.432. The Morgan fingerprint density at radius 2 is 1.67 bits per heavy atom. The summed E-state index contributed by atoms with van der Waals surface area (Å²) in [5.74, 6) is 2.97. The monoisotopic (exact) mass is 448 g/mol. The van der Waals surface area contributed by atoms with Gasteiger partial charge in [-0.05, 0) is 5.56 Å². The van der Waals surface area contributed by atoms with E-state index in [1.54, 1.807) is 12.4 Å². The van der Waals surface area contributed by atoms with Gasteiger partial charge in [-0.25, -0.2) is 4.98 Å². The molecule has 3 aromatic rings. The Morgan fingerprint density at radius 3 is 2.42 bits per heavy atom. The number of nitrogens with one attached hydrogen (secondary N) is 1. The lowest BCUT2D eigenvalue weighted by Gasteiger charge is -2.31. The third-order valence-corrected chi connectivity index (χ3v) is 5.63. The molecular formula is C23H28N8O2. The second kappa shape index (κ2) is 10.4. The zero-order valence-electron chi connectivity index (χ0n) is 18.5. The maximum atomic E-state index is 5.50. The fraction of sp³-hybridized carbons (Fsp3) is 0.391. The zero-order valence-corrected chi connectivity index (χ0v) is 18.5. The summed E-state index contributed by atoms with van der Waals surface area (Å²) in [7, 11) is 0. The fourth-order valence-electron chi connectivity index (χ4n) is 3.86. The molecule has 0 bridgehead atoms. The van der Waals surface area contributed by atoms with Gasteiger partial charge in [-0.3, -0.25) is 5.43 Å². The van der Waals surface area contributed by atoms with Gasteiger partial charge in [-0.1, -0.05) is 30.3 Å². The molecule has 172 valence electrons. The van der Waals surface area contributed by atoms with Crippen molar-refractivity contribution < 1.29 is 9.47 Å². The topological polar surface area (TPSA) is 92.9 Å². The van der Waals surface area contributed by atoms with Crippen LogP contribution < -0.4 is 15.2 Å². The van der Waals surface area contributed by atoms with E-state index in [1.165, 1.54) is 5.56 Å². The van der Waals surface area contributed by atoms with Crippen LogP contribution in [0.5, 0.6) is 0 Å². The highest BCUT2D eigenvalue weighted by Gasteiger charge is 2.19. The van der Waals surface area contributed by atoms with E-state index < -0.39 is 0 Å². The van der Waals surface area contributed by atoms with Crippen molar-refractivity contribution in [2.45, 2.75) is 6.54 Å². The third-order valence-electron chi connectivity index (χ3n) is 5.63. The Hall–Kier alpha value is -3.50. The van der Waals surface area contributed by atoms with Crippen LogP contribution in [0.2, 0.25) is 0 Å². The molecule has 2 saturated heterocycles. The number of hydrogen-bond donors (Lipinski definition) is 1. The average Bonchev–Trinajstić information content (AvgIpc) is 3.32. The van der Waals surface area contributed by atoms with E-state index in [2.05, 4.69) is 42.0 Å². The molecule has 2 aromatic heterocycles. The summed E-state index contributed by atoms with van der Waals surface area (Å²) in [5, 5.41) is 4.42. The summed E-state index contributed by atoms with van der Waals surface area (Å²) < 4.78 is 13.0. The smallest absolute Gasteiger partial charge is 0.229 e. The Morgan fingerprint density at radius 1 is 0.939 bits per heavy atom. The largest absolute Gasteiger partial charge is 0.378 e. The standard InChI is InChI=1S/C23H28N8O2/c1-2-4-19(5-3-1)18-31-7-6-24-22(31)17-25-28-20-16-21(29-8-12-32-13-9-29)27-23(26-20)30-10-14-33-15-11-30/h1-7,16-17H,8-15,18H2,(H,26,27,28)/b25-17+. The highest BCUT2D eigenvalue weighted by atomic mass is 16.5. The number of imidazole rings is 1. The van der Waals surface area contributed by atoms with Crippen molar-refractivity contribution in [1.29, 1.82) is 0 Å². The Balaban J connectivity index is 1.33. The maximum absolute atomic E-state index is 5.50. The van der Waals surface area contributed by atoms with Crippen molar-refractivity contribution in [1.82, 2.24) is 19.5 Å². The second-order valence-electron chi connectivity index (χ2n) is 7.88. The molecule has 4 heterocycles. The molecule has 5 rings (SSSR count). The Bertz CT molecular complexity index is 1020. The van der Waals surface area contributed by atoms with Crippen molar-refractivity contribution in [2.24, 2.45) is 5.10 Å². The number of benzene rings is 1. The van der Waals surface area contributed by atoms with Crippen LogP contribution in [0.25, 0.3) is 0 Å². The first-order valence-corrected chi connectivity index (χ1v) is 11.2. The summed E-state index contributed by atoms with van der Waals surface area (Å²) in [5.41, 5.74) is 4.29. The molecule has 1 N–H and O–H groups in total. The number of hydrogen-bond acceptors (Lipinski definition) is 9. The number of morpholine rings is 2. The van der Waals surface area contributed by atoms with Crippen LogP contribution in [-0.2, 0) is 16.0 Å². The van der Waals surface area contributed by atoms with Gasteiger partial charge in [0.15, 0.2) is 11.6 Å². The van der Waals surface area contributed by atoms with E-state index in [-0.39, 0.29) is 0 Å². The minimum Gasteiger partial charge on any atom is -0.378 e. The highest BCUT2D eigenvalue weighted by molar-refractivity contribution is 5.75. The number of rotatable bonds is 7. The number of hydrazone groups is 1. The van der Waals surface area contributed by atoms with Crippen molar-refractivity contribution in [2.75, 3.05) is 67.8 Å². The summed E-state index contributed by atoms with van der Waals surface area (Å²) >= 11 is 0. The van der Waals surface area contributed by atoms with Gasteiger partial charge in [-0.15, -0.1) is 0 Å². The lowest BCUT2D eigenvalue weighted by atomic mass is 10.2. The lowest BCUT2D eigenvalue weighted by Crippen LogP contribution is -2.39. The SMILES string of the molecule is C(=N\Nc1cc(N2CCOCC2)nc(N2CCOCC2)n1)/c1nccn1Cc1ccccc1. The van der Waals surface area contributed by atoms with E-state index in [0.717, 1.165) is 44.4 Å². The first-order valence-electron chi connectivity index (χ1n) is 11.2. The molecule has 10 heteroatoms. The van der Waals surface area contributed by atoms with Crippen LogP contribution >= 0.6 is 0 Å². The Kier molecular flexibility index (Phi) is 6.74. The normalized spacial score (nSPS) is 17.0. The molecule has 0 radical (unpaired) electrons. The van der Waals surface area contributed by atoms with Gasteiger partial charge in [-0.2, -0.15) is 15.1 Å². The van der Waals surface area contributed by atoms with E-state index >= 15 is 0 Å². The highest BCUT2D eigenvalue weighted by Crippen LogP contribution is 2.22. The van der Waals surface area contributed by atoms with Crippen LogP contribution in [0.3, 0.4) is 0 Å². The van der Waals surface area contributed by atoms with E-state index in [1.807, 2.05) is 30.5 Å². The van der Waals surface area contributed by atoms with Gasteiger partial charge in [0.05, 0.1) is 32.6 Å². The molecule has 0 aliphatic carbocycles. The van der Waals surface area contributed by atoms with E-state index in [9.17, 15) is 0 Å². The van der Waals surface area contributed by atoms with E-state index in [4.69, 9.17) is 19.4 Å². The first-order chi connectivity index (χ1) is 16.3. The molecule has 0 amide bonds. The summed E-state index contributed by atoms with van der Waals surface area (Å²) in [4.78, 5) is 18.3. The molecule has 0 atom stereocenters. The molecule has 0 spiro atoms. The number of ether oxygens (including phenoxy) is 2. The van der Waals surface area contributed by atoms with Gasteiger partial charge in [0.25, 0.3) is 0 Å². The molecule has 10 nitrogen and oxygen atoms in total. The Labute approximate surface area is 192 Å². The predicted octanol–water partition coefficient (Wildman–Crippen LogP) is 1.84. The molecule has 33 heavy (non-hydrogen) atoms. The summed E-state index contributed by atoms with van der Waals surface area (Å²) in [6.07, 6.45) is 5.45. The lowest BCUT2D eigenvalue weighted by molar-refractivity contribution is 0.121. The van der Waals surface area contributed by atoms with Gasteiger partial charge >= 0.3 is 0 Å². The van der Waals surface area contributed by atoms with Crippen LogP contribution in [-0.4, -0.2) is 78.3 Å². The zero-order chi connectivity index (χ0) is 22.3. The maximum Gasteiger partial charge on any atom is 0.229 e. The van der Waals surface area contributed by atoms with Gasteiger partial charge in [0.2, 0.25) is 5.95 Å². The van der Waals surface area contributed by atoms with E-state index in [0.29, 0.717) is 38.2 Å². The van der Waals surface area contributed by atoms with Crippen molar-refractivity contribution in [3.8, 4) is 0 Å². The second-order valence-corrected chi connectivity index (χ2v) is 7.88. The average molecular weight is 449 g/mol. The van der Waals surface area contributed by atoms with Gasteiger partial charge in [0, 0.05) is 51.2 Å². The minimum absolute atomic E-state index is 0.644. The van der Waals surface area contributed by atoms with Gasteiger partial charge in [0.1, 0.15) is 5.82 Å². The van der Waals surface area contributed by atoms with Gasteiger partial charge < -0.3 is 23.8 Å². The van der Waals surface area contributed by atoms with Crippen LogP contribution in [0.1, 0.15) is 11.4 Å². The summed E-state index contributed by atoms with van der Waals surface area (Å²) in [6.45, 7) is 6.63. The van der Waals surface area contributed by atoms with Crippen LogP contribution in [0, 0.1) is 0 Å². The molecule has 2 aliphatic heterocycles. The molecule has 1 aromatic carbocycles. The van der Waals surface area contributed by atoms with Crippen molar-refractivity contribution in [3.63, 3.8) is 0 Å².